The average Bonchev–Trinajstić information content (AvgIpc) is 2.38. The molecule has 0 atom stereocenters. The first kappa shape index (κ1) is 16.0. The summed E-state index contributed by atoms with van der Waals surface area (Å²) in [6.45, 7) is 4.47. The van der Waals surface area contributed by atoms with Crippen molar-refractivity contribution >= 4 is 21.6 Å². The summed E-state index contributed by atoms with van der Waals surface area (Å²) < 4.78 is 26.3. The van der Waals surface area contributed by atoms with Gasteiger partial charge in [-0.1, -0.05) is 26.3 Å². The van der Waals surface area contributed by atoms with Gasteiger partial charge < -0.3 is 5.32 Å². The Morgan fingerprint density at radius 2 is 1.95 bits per heavy atom. The molecule has 1 aromatic rings. The van der Waals surface area contributed by atoms with Gasteiger partial charge in [0, 0.05) is 24.7 Å². The van der Waals surface area contributed by atoms with E-state index >= 15 is 0 Å². The molecule has 0 aliphatic heterocycles. The second-order valence-electron chi connectivity index (χ2n) is 5.23. The molecule has 6 heteroatoms. The second-order valence-corrected chi connectivity index (χ2v) is 7.17. The van der Waals surface area contributed by atoms with Gasteiger partial charge >= 0.3 is 0 Å². The molecule has 0 spiro atoms. The fourth-order valence-corrected chi connectivity index (χ4v) is 3.87. The van der Waals surface area contributed by atoms with E-state index in [-0.39, 0.29) is 16.7 Å². The quantitative estimate of drug-likeness (QED) is 0.877. The van der Waals surface area contributed by atoms with Crippen LogP contribution in [0, 0.1) is 5.92 Å². The molecule has 1 N–H and O–H groups in total. The summed E-state index contributed by atoms with van der Waals surface area (Å²) in [4.78, 5) is 12.2. The van der Waals surface area contributed by atoms with Crippen LogP contribution in [0.3, 0.4) is 0 Å². The Bertz CT molecular complexity index is 605. The SMILES string of the molecule is CCN(CC)S(=O)(=O)c1cccc(NC(=O)C2CCC2)c1. The predicted molar refractivity (Wildman–Crippen MR) is 82.5 cm³/mol. The van der Waals surface area contributed by atoms with Gasteiger partial charge in [-0.3, -0.25) is 4.79 Å². The molecule has 2 rings (SSSR count). The second kappa shape index (κ2) is 6.58. The number of benzene rings is 1. The molecule has 1 aromatic carbocycles. The Hall–Kier alpha value is -1.40. The number of rotatable bonds is 6. The van der Waals surface area contributed by atoms with Crippen LogP contribution in [0.15, 0.2) is 29.2 Å². The number of hydrogen-bond acceptors (Lipinski definition) is 3. The number of anilines is 1. The molecular weight excluding hydrogens is 288 g/mol. The summed E-state index contributed by atoms with van der Waals surface area (Å²) in [7, 11) is -3.49. The van der Waals surface area contributed by atoms with Gasteiger partial charge in [0.05, 0.1) is 4.90 Å². The maximum Gasteiger partial charge on any atom is 0.243 e. The number of carbonyl (C=O) groups is 1. The van der Waals surface area contributed by atoms with E-state index in [1.54, 1.807) is 18.2 Å². The summed E-state index contributed by atoms with van der Waals surface area (Å²) in [6.07, 6.45) is 2.93. The van der Waals surface area contributed by atoms with Crippen LogP contribution in [0.2, 0.25) is 0 Å². The zero-order chi connectivity index (χ0) is 15.5. The van der Waals surface area contributed by atoms with Gasteiger partial charge in [-0.25, -0.2) is 8.42 Å². The van der Waals surface area contributed by atoms with Crippen LogP contribution in [-0.4, -0.2) is 31.7 Å². The van der Waals surface area contributed by atoms with Crippen molar-refractivity contribution in [3.63, 3.8) is 0 Å². The van der Waals surface area contributed by atoms with Crippen LogP contribution in [0.4, 0.5) is 5.69 Å². The third kappa shape index (κ3) is 3.44. The molecule has 0 radical (unpaired) electrons. The summed E-state index contributed by atoms with van der Waals surface area (Å²) >= 11 is 0. The average molecular weight is 310 g/mol. The number of nitrogens with zero attached hydrogens (tertiary/aromatic N) is 1. The highest BCUT2D eigenvalue weighted by atomic mass is 32.2. The Balaban J connectivity index is 2.18. The van der Waals surface area contributed by atoms with Gasteiger partial charge in [0.2, 0.25) is 15.9 Å². The summed E-state index contributed by atoms with van der Waals surface area (Å²) in [6, 6.07) is 6.47. The van der Waals surface area contributed by atoms with Crippen LogP contribution in [0.5, 0.6) is 0 Å². The summed E-state index contributed by atoms with van der Waals surface area (Å²) in [5.74, 6) is 0.0617. The Labute approximate surface area is 126 Å². The molecular formula is C15H22N2O3S. The van der Waals surface area contributed by atoms with Crippen molar-refractivity contribution in [1.29, 1.82) is 0 Å². The minimum Gasteiger partial charge on any atom is -0.326 e. The maximum atomic E-state index is 12.4. The molecule has 1 aliphatic rings. The van der Waals surface area contributed by atoms with Crippen LogP contribution < -0.4 is 5.32 Å². The first-order valence-electron chi connectivity index (χ1n) is 7.40. The molecule has 1 amide bonds. The topological polar surface area (TPSA) is 66.5 Å². The first-order valence-corrected chi connectivity index (χ1v) is 8.84. The van der Waals surface area contributed by atoms with E-state index in [1.165, 1.54) is 10.4 Å². The largest absolute Gasteiger partial charge is 0.326 e. The number of sulfonamides is 1. The molecule has 1 fully saturated rings. The molecule has 0 saturated heterocycles. The number of hydrogen-bond donors (Lipinski definition) is 1. The van der Waals surface area contributed by atoms with Gasteiger partial charge in [0.15, 0.2) is 0 Å². The van der Waals surface area contributed by atoms with Gasteiger partial charge in [-0.05, 0) is 31.0 Å². The first-order chi connectivity index (χ1) is 9.98. The van der Waals surface area contributed by atoms with E-state index in [0.717, 1.165) is 19.3 Å². The highest BCUT2D eigenvalue weighted by Crippen LogP contribution is 2.28. The molecule has 0 heterocycles. The lowest BCUT2D eigenvalue weighted by molar-refractivity contribution is -0.122. The monoisotopic (exact) mass is 310 g/mol. The number of carbonyl (C=O) groups excluding carboxylic acids is 1. The van der Waals surface area contributed by atoms with Crippen LogP contribution in [-0.2, 0) is 14.8 Å². The van der Waals surface area contributed by atoms with E-state index in [9.17, 15) is 13.2 Å². The Morgan fingerprint density at radius 1 is 1.29 bits per heavy atom. The third-order valence-corrected chi connectivity index (χ3v) is 5.97. The minimum atomic E-state index is -3.49. The van der Waals surface area contributed by atoms with Crippen molar-refractivity contribution in [2.45, 2.75) is 38.0 Å². The van der Waals surface area contributed by atoms with Gasteiger partial charge in [0.25, 0.3) is 0 Å². The van der Waals surface area contributed by atoms with E-state index in [0.29, 0.717) is 18.8 Å². The van der Waals surface area contributed by atoms with Crippen LogP contribution in [0.25, 0.3) is 0 Å². The van der Waals surface area contributed by atoms with Gasteiger partial charge in [0.1, 0.15) is 0 Å². The van der Waals surface area contributed by atoms with Crippen molar-refractivity contribution < 1.29 is 13.2 Å². The lowest BCUT2D eigenvalue weighted by atomic mass is 9.85. The molecule has 1 saturated carbocycles. The van der Waals surface area contributed by atoms with E-state index in [4.69, 9.17) is 0 Å². The Morgan fingerprint density at radius 3 is 2.48 bits per heavy atom. The standard InChI is InChI=1S/C15H22N2O3S/c1-3-17(4-2)21(19,20)14-10-6-9-13(11-14)16-15(18)12-7-5-8-12/h6,9-12H,3-5,7-8H2,1-2H3,(H,16,18). The minimum absolute atomic E-state index is 0.0152. The van der Waals surface area contributed by atoms with Gasteiger partial charge in [-0.2, -0.15) is 4.31 Å². The van der Waals surface area contributed by atoms with Crippen molar-refractivity contribution in [3.05, 3.63) is 24.3 Å². The van der Waals surface area contributed by atoms with E-state index in [1.807, 2.05) is 13.8 Å². The molecule has 21 heavy (non-hydrogen) atoms. The van der Waals surface area contributed by atoms with Crippen LogP contribution in [0.1, 0.15) is 33.1 Å². The summed E-state index contributed by atoms with van der Waals surface area (Å²) in [5, 5.41) is 2.81. The fourth-order valence-electron chi connectivity index (χ4n) is 2.36. The number of nitrogens with one attached hydrogen (secondary N) is 1. The van der Waals surface area contributed by atoms with E-state index in [2.05, 4.69) is 5.32 Å². The maximum absolute atomic E-state index is 12.4. The van der Waals surface area contributed by atoms with Crippen molar-refractivity contribution in [1.82, 2.24) is 4.31 Å². The number of amides is 1. The molecule has 0 bridgehead atoms. The van der Waals surface area contributed by atoms with Crippen molar-refractivity contribution in [3.8, 4) is 0 Å². The third-order valence-electron chi connectivity index (χ3n) is 3.92. The smallest absolute Gasteiger partial charge is 0.243 e. The fraction of sp³-hybridized carbons (Fsp3) is 0.533. The predicted octanol–water partition coefficient (Wildman–Crippen LogP) is 2.46. The van der Waals surface area contributed by atoms with Crippen LogP contribution >= 0.6 is 0 Å². The highest BCUT2D eigenvalue weighted by Gasteiger charge is 2.26. The molecule has 5 nitrogen and oxygen atoms in total. The van der Waals surface area contributed by atoms with Crippen molar-refractivity contribution in [2.75, 3.05) is 18.4 Å². The molecule has 1 aliphatic carbocycles. The van der Waals surface area contributed by atoms with Crippen molar-refractivity contribution in [2.24, 2.45) is 5.92 Å². The molecule has 0 aromatic heterocycles. The lowest BCUT2D eigenvalue weighted by Crippen LogP contribution is -2.31. The Kier molecular flexibility index (Phi) is 5.00. The summed E-state index contributed by atoms with van der Waals surface area (Å²) in [5.41, 5.74) is 0.542. The zero-order valence-electron chi connectivity index (χ0n) is 12.5. The highest BCUT2D eigenvalue weighted by molar-refractivity contribution is 7.89. The van der Waals surface area contributed by atoms with Gasteiger partial charge in [-0.15, -0.1) is 0 Å². The van der Waals surface area contributed by atoms with E-state index < -0.39 is 10.0 Å². The molecule has 116 valence electrons. The lowest BCUT2D eigenvalue weighted by Gasteiger charge is -2.24. The molecule has 0 unspecified atom stereocenters. The normalized spacial score (nSPS) is 15.8. The zero-order valence-corrected chi connectivity index (χ0v) is 13.3.